The SMILES string of the molecule is Cc1ccc(S(=O)(=O)OC[C@@H](F)Cn2nc(C)n(-c3ccn(C)n3)c2=O)cc1.Cc1n[nH]c(=O)n1-c1ccn(C)n1.Cc1nn(C[C@H](F)CN2C3CCC2CC(OCc2cccc(F)c2)C3)c(=O)n1-c1ccn(C)n1.Cc1nn(C[C@H](F)CO)c(=O)n1-c1ccn(C)n1.Cc1nn(C[C@H](F)CO[Si](C)(C)C(C)(C)C)c(=O)n1-c1ccn(C)n1.Cn1ccc(N)n1.O=C(O)C(=O)O. The maximum atomic E-state index is 15.1. The van der Waals surface area contributed by atoms with Gasteiger partial charge in [-0.2, -0.15) is 64.5 Å². The second-order valence-corrected chi connectivity index (χ2v) is 38.8. The van der Waals surface area contributed by atoms with E-state index in [0.29, 0.717) is 70.6 Å². The van der Waals surface area contributed by atoms with Crippen molar-refractivity contribution in [2.24, 2.45) is 42.3 Å². The zero-order valence-electron chi connectivity index (χ0n) is 75.5. The summed E-state index contributed by atoms with van der Waals surface area (Å²) in [7, 11) is 4.50. The predicted molar refractivity (Wildman–Crippen MR) is 468 cm³/mol. The largest absolute Gasteiger partial charge is 0.473 e. The van der Waals surface area contributed by atoms with Gasteiger partial charge in [-0.25, -0.2) is 102 Å². The van der Waals surface area contributed by atoms with Gasteiger partial charge in [0.25, 0.3) is 10.1 Å². The maximum absolute atomic E-state index is 15.1. The molecule has 51 heteroatoms. The molecule has 2 aromatic carbocycles. The molecule has 0 amide bonds. The van der Waals surface area contributed by atoms with Crippen LogP contribution in [0, 0.1) is 47.4 Å². The second-order valence-electron chi connectivity index (χ2n) is 32.4. The smallest absolute Gasteiger partial charge is 0.414 e. The number of aliphatic carboxylic acids is 2. The van der Waals surface area contributed by atoms with Crippen LogP contribution in [0.5, 0.6) is 0 Å². The number of aliphatic hydroxyl groups excluding tert-OH is 1. The number of anilines is 1. The molecule has 13 aromatic rings. The number of carboxylic acids is 2. The third-order valence-corrected chi connectivity index (χ3v) is 26.7. The Labute approximate surface area is 747 Å². The van der Waals surface area contributed by atoms with E-state index < -0.39 is 91.9 Å². The number of alkyl halides is 4. The number of benzene rings is 2. The molecule has 15 rings (SSSR count). The van der Waals surface area contributed by atoms with Crippen molar-refractivity contribution in [3.05, 3.63) is 221 Å². The average molecular weight is 1870 g/mol. The molecule has 131 heavy (non-hydrogen) atoms. The van der Waals surface area contributed by atoms with Gasteiger partial charge in [0.05, 0.1) is 63.6 Å². The second kappa shape index (κ2) is 44.4. The number of fused-ring (bicyclic) bond motifs is 2. The van der Waals surface area contributed by atoms with E-state index in [1.807, 2.05) is 20.0 Å². The Morgan fingerprint density at radius 3 is 1.21 bits per heavy atom. The fraction of sp³-hybridized carbons (Fsp3) is 0.475. The van der Waals surface area contributed by atoms with Gasteiger partial charge in [-0.1, -0.05) is 50.6 Å². The quantitative estimate of drug-likeness (QED) is 0.0216. The van der Waals surface area contributed by atoms with Crippen LogP contribution < -0.4 is 34.2 Å². The number of aryl methyl sites for hydroxylation is 12. The number of aromatic amines is 1. The standard InChI is InChI=1S/C24H30F2N6O2.C17H20FN5O4S.C16H28FN5O2Si.C10H14FN5O2.C7H9N5O.C4H7N3.C2H2O4/c1-16-27-31(24(33)32(16)23-8-9-29(2)28-23)14-19(26)13-30-20-6-7-21(30)12-22(11-20)34-15-17-4-3-5-18(25)10-17;1-12-4-6-15(7-5-12)28(25,26)27-11-14(18)10-22-17(24)23(13(2)19-22)16-8-9-21(3)20-16;1-12-18-21(15(23)22(12)14-8-9-20(5)19-14)10-13(17)11-24-25(6,7)16(2,3)4;1-7-12-15(5-8(11)6-17)10(18)16(7)9-3-4-14(2)13-9;1-5-8-9-7(13)12(5)6-3-4-11(2)10-6;1-7-3-2-4(5)6-7;3-1(4)2(5)6/h3-5,8-10,19-22H,6-7,11-15H2,1-2H3;4-9,14H,10-11H2,1-3H3;8-9,13H,10-11H2,1-7H3;3-4,8,17H,5-6H2,1-2H3;3-4H,1-2H3,(H,9,13);2-3H,1H3,(H2,5,6);(H,3,4)(H,5,6)/t19-,20?,21?,22?;14-;13-;8-;;;/m1000.../s1. The third-order valence-electron chi connectivity index (χ3n) is 20.9. The number of hydrogen-bond acceptors (Lipinski definition) is 26. The number of halogens is 5. The maximum Gasteiger partial charge on any atom is 0.414 e. The highest BCUT2D eigenvalue weighted by Gasteiger charge is 2.43. The van der Waals surface area contributed by atoms with Gasteiger partial charge in [0.2, 0.25) is 0 Å². The number of nitrogens with zero attached hydrogens (tertiary/aromatic N) is 27. The molecule has 0 saturated carbocycles. The zero-order chi connectivity index (χ0) is 96.4. The minimum atomic E-state index is -4.08. The Morgan fingerprint density at radius 1 is 0.511 bits per heavy atom. The lowest BCUT2D eigenvalue weighted by Gasteiger charge is -2.39. The first-order valence-corrected chi connectivity index (χ1v) is 45.3. The van der Waals surface area contributed by atoms with Crippen molar-refractivity contribution in [3.8, 4) is 29.1 Å². The van der Waals surface area contributed by atoms with Crippen LogP contribution >= 0.6 is 0 Å². The Bertz CT molecular complexity index is 6370. The third kappa shape index (κ3) is 27.4. The summed E-state index contributed by atoms with van der Waals surface area (Å²) in [6.45, 7) is 19.0. The zero-order valence-corrected chi connectivity index (χ0v) is 77.3. The number of ether oxygens (including phenoxy) is 1. The molecule has 0 spiro atoms. The summed E-state index contributed by atoms with van der Waals surface area (Å²) >= 11 is 0. The van der Waals surface area contributed by atoms with E-state index in [1.165, 1.54) is 56.5 Å². The molecule has 44 nitrogen and oxygen atoms in total. The number of carbonyl (C=O) groups is 2. The van der Waals surface area contributed by atoms with Gasteiger partial charge >= 0.3 is 40.4 Å². The normalized spacial score (nSPS) is 15.2. The molecule has 6 atom stereocenters. The number of nitrogen functional groups attached to an aromatic ring is 1. The lowest BCUT2D eigenvalue weighted by molar-refractivity contribution is -0.159. The summed E-state index contributed by atoms with van der Waals surface area (Å²) < 4.78 is 132. The molecular formula is C80H110F5N29O15SSi. The number of carboxylic acid groups (broad SMARTS) is 2. The molecule has 2 bridgehead atoms. The molecule has 710 valence electrons. The minimum absolute atomic E-state index is 0.0146. The van der Waals surface area contributed by atoms with Crippen LogP contribution in [0.15, 0.2) is 151 Å². The number of piperidine rings is 1. The minimum Gasteiger partial charge on any atom is -0.473 e. The highest BCUT2D eigenvalue weighted by Crippen LogP contribution is 2.38. The van der Waals surface area contributed by atoms with Crippen LogP contribution in [0.2, 0.25) is 18.1 Å². The van der Waals surface area contributed by atoms with Gasteiger partial charge in [0, 0.05) is 128 Å². The highest BCUT2D eigenvalue weighted by atomic mass is 32.2. The van der Waals surface area contributed by atoms with Crippen LogP contribution in [-0.4, -0.2) is 249 Å². The molecule has 2 unspecified atom stereocenters. The number of nitrogens with two attached hydrogens (primary N) is 1. The van der Waals surface area contributed by atoms with Gasteiger partial charge in [-0.05, 0) is 121 Å². The summed E-state index contributed by atoms with van der Waals surface area (Å²) in [5.74, 6) is 1.31. The Balaban J connectivity index is 0.000000182. The lowest BCUT2D eigenvalue weighted by Crippen LogP contribution is -2.48. The fourth-order valence-corrected chi connectivity index (χ4v) is 15.4. The predicted octanol–water partition coefficient (Wildman–Crippen LogP) is 4.50. The molecule has 0 aliphatic carbocycles. The highest BCUT2D eigenvalue weighted by molar-refractivity contribution is 7.86. The first-order valence-electron chi connectivity index (χ1n) is 41.0. The number of aromatic nitrogens is 27. The summed E-state index contributed by atoms with van der Waals surface area (Å²) in [4.78, 5) is 81.4. The van der Waals surface area contributed by atoms with E-state index in [2.05, 4.69) is 99.9 Å². The molecule has 2 fully saturated rings. The topological polar surface area (TPSA) is 503 Å². The van der Waals surface area contributed by atoms with Crippen LogP contribution in [0.1, 0.15) is 86.7 Å². The van der Waals surface area contributed by atoms with Gasteiger partial charge in [0.1, 0.15) is 65.4 Å². The summed E-state index contributed by atoms with van der Waals surface area (Å²) in [6.07, 6.45) is 8.48. The Hall–Kier alpha value is -13.2. The molecule has 2 aliphatic rings. The first kappa shape index (κ1) is 102. The molecular weight excluding hydrogens is 1760 g/mol. The summed E-state index contributed by atoms with van der Waals surface area (Å²) in [5, 5.41) is 70.6. The van der Waals surface area contributed by atoms with Crippen LogP contribution in [0.3, 0.4) is 0 Å². The Morgan fingerprint density at radius 2 is 0.885 bits per heavy atom. The number of nitrogens with one attached hydrogen (secondary N) is 1. The number of H-pyrrole nitrogens is 1. The van der Waals surface area contributed by atoms with Crippen LogP contribution in [0.4, 0.5) is 27.8 Å². The monoisotopic (exact) mass is 1870 g/mol. The van der Waals surface area contributed by atoms with Gasteiger partial charge in [-0.15, -0.1) is 0 Å². The summed E-state index contributed by atoms with van der Waals surface area (Å²) in [6, 6.07) is 23.3. The molecule has 2 saturated heterocycles. The number of aliphatic hydroxyl groups is 1. The Kier molecular flexibility index (Phi) is 34.4. The van der Waals surface area contributed by atoms with Crippen molar-refractivity contribution >= 4 is 36.2 Å². The summed E-state index contributed by atoms with van der Waals surface area (Å²) in [5.41, 5.74) is 4.87. The van der Waals surface area contributed by atoms with Crippen molar-refractivity contribution in [2.45, 2.75) is 187 Å². The molecule has 2 aliphatic heterocycles. The fourth-order valence-electron chi connectivity index (χ4n) is 13.4. The number of hydrogen-bond donors (Lipinski definition) is 5. The molecule has 13 heterocycles. The van der Waals surface area contributed by atoms with E-state index in [-0.39, 0.29) is 78.1 Å². The molecule has 11 aromatic heterocycles. The van der Waals surface area contributed by atoms with E-state index >= 15 is 4.39 Å². The van der Waals surface area contributed by atoms with E-state index in [4.69, 9.17) is 44.0 Å². The van der Waals surface area contributed by atoms with Crippen molar-refractivity contribution in [2.75, 3.05) is 32.1 Å². The van der Waals surface area contributed by atoms with E-state index in [1.54, 1.807) is 185 Å². The number of rotatable bonds is 26. The van der Waals surface area contributed by atoms with Crippen LogP contribution in [-0.2, 0) is 108 Å². The van der Waals surface area contributed by atoms with E-state index in [0.717, 1.165) is 50.9 Å². The van der Waals surface area contributed by atoms with Crippen molar-refractivity contribution in [3.63, 3.8) is 0 Å². The van der Waals surface area contributed by atoms with Crippen molar-refractivity contribution in [1.82, 2.24) is 136 Å². The van der Waals surface area contributed by atoms with Gasteiger partial charge in [0.15, 0.2) is 37.4 Å². The molecule has 6 N–H and O–H groups in total. The lowest BCUT2D eigenvalue weighted by atomic mass is 9.99. The van der Waals surface area contributed by atoms with Gasteiger partial charge in [-0.3, -0.25) is 37.2 Å². The van der Waals surface area contributed by atoms with Crippen molar-refractivity contribution in [1.29, 1.82) is 0 Å². The van der Waals surface area contributed by atoms with Gasteiger partial charge < -0.3 is 30.2 Å². The first-order chi connectivity index (χ1) is 61.6. The molecule has 0 radical (unpaired) electrons. The average Bonchev–Trinajstić information content (AvgIpc) is 1.66. The van der Waals surface area contributed by atoms with Crippen molar-refractivity contribution < 1.29 is 68.6 Å². The van der Waals surface area contributed by atoms with Crippen LogP contribution in [0.25, 0.3) is 29.1 Å². The van der Waals surface area contributed by atoms with E-state index in [9.17, 15) is 50.0 Å².